The summed E-state index contributed by atoms with van der Waals surface area (Å²) in [4.78, 5) is 1.02. The monoisotopic (exact) mass is 322 g/mol. The number of hydrogen-bond acceptors (Lipinski definition) is 3. The Morgan fingerprint density at radius 2 is 2.31 bits per heavy atom. The summed E-state index contributed by atoms with van der Waals surface area (Å²) in [5.41, 5.74) is 0. The molecule has 68 valence electrons. The zero-order valence-corrected chi connectivity index (χ0v) is 10.7. The van der Waals surface area contributed by atoms with Crippen LogP contribution in [0.15, 0.2) is 22.4 Å². The second kappa shape index (κ2) is 3.67. The van der Waals surface area contributed by atoms with E-state index in [1.54, 1.807) is 18.4 Å². The van der Waals surface area contributed by atoms with Crippen LogP contribution in [0.1, 0.15) is 0 Å². The van der Waals surface area contributed by atoms with Crippen LogP contribution >= 0.6 is 46.6 Å². The number of thiol groups is 1. The third-order valence-electron chi connectivity index (χ3n) is 1.84. The fourth-order valence-corrected chi connectivity index (χ4v) is 3.25. The van der Waals surface area contributed by atoms with Crippen molar-refractivity contribution in [1.29, 1.82) is 0 Å². The molecule has 13 heavy (non-hydrogen) atoms. The van der Waals surface area contributed by atoms with Gasteiger partial charge in [0.1, 0.15) is 5.75 Å². The van der Waals surface area contributed by atoms with Gasteiger partial charge in [-0.3, -0.25) is 0 Å². The zero-order valence-electron chi connectivity index (χ0n) is 6.87. The SMILES string of the molecule is COc1cc2ccsc2c(S)c1I. The first-order chi connectivity index (χ1) is 6.24. The van der Waals surface area contributed by atoms with E-state index < -0.39 is 0 Å². The molecule has 0 radical (unpaired) electrons. The van der Waals surface area contributed by atoms with Gasteiger partial charge in [0.15, 0.2) is 0 Å². The number of benzene rings is 1. The minimum absolute atomic E-state index is 0.900. The van der Waals surface area contributed by atoms with Crippen LogP contribution < -0.4 is 4.74 Å². The van der Waals surface area contributed by atoms with E-state index in [0.717, 1.165) is 14.2 Å². The summed E-state index contributed by atoms with van der Waals surface area (Å²) < 4.78 is 7.56. The number of ether oxygens (including phenoxy) is 1. The van der Waals surface area contributed by atoms with E-state index in [1.807, 2.05) is 6.07 Å². The van der Waals surface area contributed by atoms with Crippen molar-refractivity contribution in [2.24, 2.45) is 0 Å². The molecule has 1 aromatic heterocycles. The summed E-state index contributed by atoms with van der Waals surface area (Å²) in [6.45, 7) is 0. The van der Waals surface area contributed by atoms with Gasteiger partial charge < -0.3 is 4.74 Å². The first-order valence-electron chi connectivity index (χ1n) is 3.66. The van der Waals surface area contributed by atoms with Gasteiger partial charge in [0.25, 0.3) is 0 Å². The lowest BCUT2D eigenvalue weighted by atomic mass is 10.2. The molecular weight excluding hydrogens is 315 g/mol. The Bertz CT molecular complexity index is 450. The van der Waals surface area contributed by atoms with Gasteiger partial charge in [-0.1, -0.05) is 0 Å². The largest absolute Gasteiger partial charge is 0.496 e. The van der Waals surface area contributed by atoms with Crippen LogP contribution in [-0.2, 0) is 0 Å². The second-order valence-electron chi connectivity index (χ2n) is 2.58. The predicted molar refractivity (Wildman–Crippen MR) is 68.3 cm³/mol. The standard InChI is InChI=1S/C9H7IOS2/c1-11-6-4-5-2-3-13-9(5)8(12)7(6)10/h2-4,12H,1H3. The van der Waals surface area contributed by atoms with E-state index in [0.29, 0.717) is 0 Å². The van der Waals surface area contributed by atoms with Gasteiger partial charge >= 0.3 is 0 Å². The van der Waals surface area contributed by atoms with Gasteiger partial charge in [-0.15, -0.1) is 24.0 Å². The first kappa shape index (κ1) is 9.61. The summed E-state index contributed by atoms with van der Waals surface area (Å²) in [6.07, 6.45) is 0. The number of thiophene rings is 1. The quantitative estimate of drug-likeness (QED) is 0.621. The van der Waals surface area contributed by atoms with Gasteiger partial charge in [0.05, 0.1) is 10.7 Å². The minimum atomic E-state index is 0.900. The number of rotatable bonds is 1. The van der Waals surface area contributed by atoms with E-state index >= 15 is 0 Å². The highest BCUT2D eigenvalue weighted by Gasteiger charge is 2.09. The van der Waals surface area contributed by atoms with Gasteiger partial charge in [0, 0.05) is 9.60 Å². The van der Waals surface area contributed by atoms with Crippen LogP contribution in [0.25, 0.3) is 10.1 Å². The number of halogens is 1. The molecule has 0 N–H and O–H groups in total. The molecule has 0 aliphatic heterocycles. The molecule has 4 heteroatoms. The summed E-state index contributed by atoms with van der Waals surface area (Å²) in [5.74, 6) is 0.900. The van der Waals surface area contributed by atoms with Crippen molar-refractivity contribution >= 4 is 56.6 Å². The van der Waals surface area contributed by atoms with Gasteiger partial charge in [-0.2, -0.15) is 0 Å². The molecule has 0 saturated carbocycles. The fourth-order valence-electron chi connectivity index (χ4n) is 1.19. The molecule has 0 unspecified atom stereocenters. The van der Waals surface area contributed by atoms with Crippen molar-refractivity contribution in [1.82, 2.24) is 0 Å². The maximum atomic E-state index is 5.25. The molecule has 0 spiro atoms. The Balaban J connectivity index is 2.83. The molecule has 1 nitrogen and oxygen atoms in total. The molecule has 0 fully saturated rings. The molecule has 1 heterocycles. The molecule has 0 bridgehead atoms. The molecule has 1 aromatic carbocycles. The van der Waals surface area contributed by atoms with Crippen LogP contribution in [0, 0.1) is 3.57 Å². The number of hydrogen-bond donors (Lipinski definition) is 1. The summed E-state index contributed by atoms with van der Waals surface area (Å²) in [6, 6.07) is 4.13. The topological polar surface area (TPSA) is 9.23 Å². The van der Waals surface area contributed by atoms with E-state index in [9.17, 15) is 0 Å². The Kier molecular flexibility index (Phi) is 2.71. The number of methoxy groups -OCH3 is 1. The van der Waals surface area contributed by atoms with Crippen LogP contribution in [0.2, 0.25) is 0 Å². The lowest BCUT2D eigenvalue weighted by Gasteiger charge is -2.06. The van der Waals surface area contributed by atoms with Gasteiger partial charge in [-0.05, 0) is 45.5 Å². The average molecular weight is 322 g/mol. The fraction of sp³-hybridized carbons (Fsp3) is 0.111. The first-order valence-corrected chi connectivity index (χ1v) is 6.07. The predicted octanol–water partition coefficient (Wildman–Crippen LogP) is 3.80. The lowest BCUT2D eigenvalue weighted by molar-refractivity contribution is 0.411. The molecule has 0 amide bonds. The molecule has 0 saturated heterocycles. The molecule has 0 aliphatic carbocycles. The highest BCUT2D eigenvalue weighted by molar-refractivity contribution is 14.1. The maximum Gasteiger partial charge on any atom is 0.134 e. The lowest BCUT2D eigenvalue weighted by Crippen LogP contribution is -1.87. The Hall–Kier alpha value is 0.0600. The van der Waals surface area contributed by atoms with Crippen molar-refractivity contribution in [3.8, 4) is 5.75 Å². The Labute approximate surface area is 99.6 Å². The molecule has 0 aliphatic rings. The second-order valence-corrected chi connectivity index (χ2v) is 5.02. The highest BCUT2D eigenvalue weighted by atomic mass is 127. The zero-order chi connectivity index (χ0) is 9.42. The van der Waals surface area contributed by atoms with Crippen LogP contribution in [0.5, 0.6) is 5.75 Å². The molecule has 0 atom stereocenters. The van der Waals surface area contributed by atoms with E-state index in [4.69, 9.17) is 4.74 Å². The van der Waals surface area contributed by atoms with Crippen molar-refractivity contribution in [2.75, 3.05) is 7.11 Å². The molecule has 2 aromatic rings. The van der Waals surface area contributed by atoms with E-state index in [2.05, 4.69) is 46.7 Å². The summed E-state index contributed by atoms with van der Waals surface area (Å²) in [7, 11) is 1.68. The van der Waals surface area contributed by atoms with Crippen LogP contribution in [0.3, 0.4) is 0 Å². The summed E-state index contributed by atoms with van der Waals surface area (Å²) in [5, 5.41) is 3.27. The van der Waals surface area contributed by atoms with Gasteiger partial charge in [-0.25, -0.2) is 0 Å². The normalized spacial score (nSPS) is 10.7. The Morgan fingerprint density at radius 3 is 3.00 bits per heavy atom. The van der Waals surface area contributed by atoms with E-state index in [1.165, 1.54) is 10.1 Å². The minimum Gasteiger partial charge on any atom is -0.496 e. The third kappa shape index (κ3) is 1.55. The molecule has 2 rings (SSSR count). The number of fused-ring (bicyclic) bond motifs is 1. The Morgan fingerprint density at radius 1 is 1.54 bits per heavy atom. The van der Waals surface area contributed by atoms with Crippen molar-refractivity contribution in [3.05, 3.63) is 21.1 Å². The van der Waals surface area contributed by atoms with Crippen molar-refractivity contribution < 1.29 is 4.74 Å². The summed E-state index contributed by atoms with van der Waals surface area (Å²) >= 11 is 8.44. The molecular formula is C9H7IOS2. The van der Waals surface area contributed by atoms with Crippen molar-refractivity contribution in [3.63, 3.8) is 0 Å². The third-order valence-corrected chi connectivity index (χ3v) is 4.89. The smallest absolute Gasteiger partial charge is 0.134 e. The van der Waals surface area contributed by atoms with Crippen LogP contribution in [-0.4, -0.2) is 7.11 Å². The van der Waals surface area contributed by atoms with Gasteiger partial charge in [0.2, 0.25) is 0 Å². The van der Waals surface area contributed by atoms with Crippen molar-refractivity contribution in [2.45, 2.75) is 4.90 Å². The van der Waals surface area contributed by atoms with E-state index in [-0.39, 0.29) is 0 Å². The average Bonchev–Trinajstić information content (AvgIpc) is 2.59. The highest BCUT2D eigenvalue weighted by Crippen LogP contribution is 2.36. The van der Waals surface area contributed by atoms with Crippen LogP contribution in [0.4, 0.5) is 0 Å². The maximum absolute atomic E-state index is 5.25.